The number of anilines is 4. The standard InChI is InChI=1S/C53H72B2N4O2/c1-33(2)41-21-17-22-42(34(3)4)49(41)56-29-30-57(50-43(35(5)6)23-18-24-44(50)36(7)8)54(56)53(60)61-55-58(51-45(37(9)10)25-19-26-46(51)38(11)12)31-32-59(55)52-47(39(13)14)27-20-28-48(52)40(15)16/h17-40H,1-16H3. The number of rotatable bonds is 14. The average molecular weight is 819 g/mol. The SMILES string of the molecule is CC(C)c1cccc(C(C)C)c1N1C=CN(c2c(C(C)C)cccc2C(C)C)B1OC(=O)B1N(c2c(C(C)C)cccc2C(C)C)C=CN1c1c(C(C)C)cccc1C(C)C. The third-order valence-corrected chi connectivity index (χ3v) is 12.6. The van der Waals surface area contributed by atoms with Gasteiger partial charge in [-0.25, -0.2) is 0 Å². The molecule has 0 unspecified atom stereocenters. The Kier molecular flexibility index (Phi) is 14.0. The van der Waals surface area contributed by atoms with Gasteiger partial charge in [-0.2, -0.15) is 0 Å². The molecule has 6 rings (SSSR count). The summed E-state index contributed by atoms with van der Waals surface area (Å²) in [5.41, 5.74) is 14.1. The molecule has 0 N–H and O–H groups in total. The lowest BCUT2D eigenvalue weighted by Crippen LogP contribution is -2.57. The fourth-order valence-corrected chi connectivity index (χ4v) is 9.37. The molecule has 0 atom stereocenters. The molecule has 0 bridgehead atoms. The molecule has 61 heavy (non-hydrogen) atoms. The van der Waals surface area contributed by atoms with Crippen molar-refractivity contribution < 1.29 is 9.45 Å². The van der Waals surface area contributed by atoms with Gasteiger partial charge in [0.1, 0.15) is 0 Å². The fourth-order valence-electron chi connectivity index (χ4n) is 9.37. The van der Waals surface area contributed by atoms with Gasteiger partial charge in [-0.05, 0) is 91.9 Å². The molecular formula is C53H72B2N4O2. The van der Waals surface area contributed by atoms with E-state index in [0.29, 0.717) is 0 Å². The fraction of sp³-hybridized carbons (Fsp3) is 0.453. The monoisotopic (exact) mass is 819 g/mol. The van der Waals surface area contributed by atoms with Crippen molar-refractivity contribution in [3.63, 3.8) is 0 Å². The number of carbonyl (C=O) groups is 1. The van der Waals surface area contributed by atoms with Crippen LogP contribution in [0.3, 0.4) is 0 Å². The summed E-state index contributed by atoms with van der Waals surface area (Å²) >= 11 is 0. The van der Waals surface area contributed by atoms with E-state index >= 15 is 4.79 Å². The zero-order valence-corrected chi connectivity index (χ0v) is 40.1. The lowest BCUT2D eigenvalue weighted by molar-refractivity contribution is 0.223. The first kappa shape index (κ1) is 45.7. The lowest BCUT2D eigenvalue weighted by Gasteiger charge is -2.37. The maximum Gasteiger partial charge on any atom is 0.628 e. The van der Waals surface area contributed by atoms with Crippen molar-refractivity contribution in [2.75, 3.05) is 19.2 Å². The summed E-state index contributed by atoms with van der Waals surface area (Å²) in [6.07, 6.45) is 8.53. The summed E-state index contributed by atoms with van der Waals surface area (Å²) < 4.78 is 7.30. The molecule has 0 fully saturated rings. The average Bonchev–Trinajstić information content (AvgIpc) is 3.83. The van der Waals surface area contributed by atoms with Gasteiger partial charge in [-0.3, -0.25) is 4.79 Å². The summed E-state index contributed by atoms with van der Waals surface area (Å²) in [4.78, 5) is 25.0. The summed E-state index contributed by atoms with van der Waals surface area (Å²) in [6.45, 7) is 35.2. The molecule has 0 saturated heterocycles. The van der Waals surface area contributed by atoms with Crippen LogP contribution < -0.4 is 19.2 Å². The molecule has 322 valence electrons. The third kappa shape index (κ3) is 8.79. The number of hydrogen-bond acceptors (Lipinski definition) is 6. The van der Waals surface area contributed by atoms with Crippen LogP contribution in [-0.2, 0) is 4.65 Å². The Bertz CT molecular complexity index is 2000. The van der Waals surface area contributed by atoms with Gasteiger partial charge in [-0.1, -0.05) is 184 Å². The Labute approximate surface area is 370 Å². The van der Waals surface area contributed by atoms with Gasteiger partial charge in [0.2, 0.25) is 0 Å². The molecule has 0 aliphatic carbocycles. The molecule has 2 heterocycles. The van der Waals surface area contributed by atoms with Gasteiger partial charge in [0.15, 0.2) is 0 Å². The summed E-state index contributed by atoms with van der Waals surface area (Å²) in [7, 11) is -0.790. The molecule has 4 aromatic carbocycles. The van der Waals surface area contributed by atoms with Gasteiger partial charge in [0.05, 0.1) is 0 Å². The highest BCUT2D eigenvalue weighted by Gasteiger charge is 2.51. The Morgan fingerprint density at radius 3 is 0.770 bits per heavy atom. The van der Waals surface area contributed by atoms with Gasteiger partial charge in [0, 0.05) is 47.5 Å². The van der Waals surface area contributed by atoms with E-state index in [9.17, 15) is 0 Å². The maximum absolute atomic E-state index is 16.1. The van der Waals surface area contributed by atoms with Crippen LogP contribution in [0.5, 0.6) is 0 Å². The third-order valence-electron chi connectivity index (χ3n) is 12.6. The second kappa shape index (κ2) is 18.6. The smallest absolute Gasteiger partial charge is 0.500 e. The number of para-hydroxylation sites is 4. The molecule has 4 aromatic rings. The normalized spacial score (nSPS) is 14.5. The topological polar surface area (TPSA) is 39.3 Å². The van der Waals surface area contributed by atoms with Crippen molar-refractivity contribution in [1.82, 2.24) is 0 Å². The summed E-state index contributed by atoms with van der Waals surface area (Å²) in [5, 5.41) is 0. The van der Waals surface area contributed by atoms with Gasteiger partial charge in [0.25, 0.3) is 5.87 Å². The second-order valence-corrected chi connectivity index (χ2v) is 19.7. The molecule has 0 amide bonds. The first-order valence-corrected chi connectivity index (χ1v) is 23.1. The molecule has 8 heteroatoms. The van der Waals surface area contributed by atoms with E-state index < -0.39 is 14.2 Å². The van der Waals surface area contributed by atoms with Crippen molar-refractivity contribution in [3.8, 4) is 0 Å². The maximum atomic E-state index is 16.1. The quantitative estimate of drug-likeness (QED) is 0.118. The van der Waals surface area contributed by atoms with E-state index in [1.165, 1.54) is 44.5 Å². The highest BCUT2D eigenvalue weighted by molar-refractivity contribution is 6.96. The van der Waals surface area contributed by atoms with Crippen LogP contribution in [0, 0.1) is 0 Å². The zero-order valence-electron chi connectivity index (χ0n) is 40.1. The van der Waals surface area contributed by atoms with E-state index in [-0.39, 0.29) is 53.2 Å². The van der Waals surface area contributed by atoms with Crippen LogP contribution in [0.15, 0.2) is 97.6 Å². The molecule has 2 aliphatic rings. The summed E-state index contributed by atoms with van der Waals surface area (Å²) in [6, 6.07) is 26.5. The minimum absolute atomic E-state index is 0.232. The van der Waals surface area contributed by atoms with Crippen molar-refractivity contribution >= 4 is 42.8 Å². The van der Waals surface area contributed by atoms with E-state index in [0.717, 1.165) is 22.7 Å². The van der Waals surface area contributed by atoms with E-state index in [1.807, 2.05) is 0 Å². The van der Waals surface area contributed by atoms with Gasteiger partial charge in [-0.15, -0.1) is 0 Å². The first-order valence-electron chi connectivity index (χ1n) is 23.1. The molecule has 0 aromatic heterocycles. The van der Waals surface area contributed by atoms with Crippen LogP contribution in [0.25, 0.3) is 0 Å². The van der Waals surface area contributed by atoms with Crippen molar-refractivity contribution in [2.24, 2.45) is 0 Å². The van der Waals surface area contributed by atoms with Crippen LogP contribution in [0.4, 0.5) is 27.5 Å². The lowest BCUT2D eigenvalue weighted by atomic mass is 9.69. The number of nitrogens with zero attached hydrogens (tertiary/aromatic N) is 4. The van der Waals surface area contributed by atoms with E-state index in [2.05, 4.69) is 228 Å². The molecule has 0 spiro atoms. The molecule has 0 radical (unpaired) electrons. The number of carbonyl (C=O) groups excluding carboxylic acids is 1. The zero-order chi connectivity index (χ0) is 44.6. The Morgan fingerprint density at radius 1 is 0.361 bits per heavy atom. The van der Waals surface area contributed by atoms with Crippen LogP contribution in [0.2, 0.25) is 0 Å². The molecular weight excluding hydrogens is 746 g/mol. The molecule has 0 saturated carbocycles. The van der Waals surface area contributed by atoms with Crippen molar-refractivity contribution in [2.45, 2.75) is 158 Å². The predicted octanol–water partition coefficient (Wildman–Crippen LogP) is 15.2. The number of benzene rings is 4. The van der Waals surface area contributed by atoms with Crippen LogP contribution in [-0.4, -0.2) is 20.0 Å². The predicted molar refractivity (Wildman–Crippen MR) is 265 cm³/mol. The first-order chi connectivity index (χ1) is 28.9. The van der Waals surface area contributed by atoms with Gasteiger partial charge < -0.3 is 23.9 Å². The minimum Gasteiger partial charge on any atom is -0.500 e. The van der Waals surface area contributed by atoms with Crippen LogP contribution >= 0.6 is 0 Å². The Hall–Kier alpha value is -4.84. The van der Waals surface area contributed by atoms with Crippen LogP contribution in [0.1, 0.15) is 203 Å². The highest BCUT2D eigenvalue weighted by Crippen LogP contribution is 2.45. The highest BCUT2D eigenvalue weighted by atomic mass is 16.5. The van der Waals surface area contributed by atoms with E-state index in [4.69, 9.17) is 4.65 Å². The van der Waals surface area contributed by atoms with E-state index in [1.54, 1.807) is 0 Å². The Morgan fingerprint density at radius 2 is 0.557 bits per heavy atom. The molecule has 6 nitrogen and oxygen atoms in total. The number of hydrogen-bond donors (Lipinski definition) is 0. The van der Waals surface area contributed by atoms with Gasteiger partial charge >= 0.3 is 14.2 Å². The Balaban J connectivity index is 1.62. The van der Waals surface area contributed by atoms with Crippen molar-refractivity contribution in [1.29, 1.82) is 0 Å². The summed E-state index contributed by atoms with van der Waals surface area (Å²) in [5.74, 6) is 1.60. The minimum atomic E-state index is -0.811. The van der Waals surface area contributed by atoms with Crippen molar-refractivity contribution in [3.05, 3.63) is 142 Å². The largest absolute Gasteiger partial charge is 0.628 e. The second-order valence-electron chi connectivity index (χ2n) is 19.7. The molecule has 2 aliphatic heterocycles.